The van der Waals surface area contributed by atoms with Crippen molar-refractivity contribution in [3.63, 3.8) is 0 Å². The minimum Gasteiger partial charge on any atom is -0.481 e. The van der Waals surface area contributed by atoms with Gasteiger partial charge in [0.15, 0.2) is 0 Å². The maximum Gasteiger partial charge on any atom is 0.510 e. The summed E-state index contributed by atoms with van der Waals surface area (Å²) >= 11 is 0. The highest BCUT2D eigenvalue weighted by Gasteiger charge is 2.26. The largest absolute Gasteiger partial charge is 0.510 e. The number of hydrogen-bond donors (Lipinski definition) is 1. The molecule has 1 N–H and O–H groups in total. The molecule has 0 atom stereocenters. The first-order valence-electron chi connectivity index (χ1n) is 3.76. The van der Waals surface area contributed by atoms with Crippen molar-refractivity contribution in [2.45, 2.75) is 12.8 Å². The molecule has 0 spiro atoms. The Morgan fingerprint density at radius 1 is 1.20 bits per heavy atom. The molecule has 15 heavy (non-hydrogen) atoms. The monoisotopic (exact) mass is 242 g/mol. The average molecular weight is 242 g/mol. The minimum absolute atomic E-state index is 0.400. The molecule has 0 rings (SSSR count). The number of carbonyl (C=O) groups excluding carboxylic acids is 1. The summed E-state index contributed by atoms with van der Waals surface area (Å²) < 4.78 is 23.8. The highest BCUT2D eigenvalue weighted by Crippen LogP contribution is 2.47. The summed E-state index contributed by atoms with van der Waals surface area (Å²) in [5, 5.41) is 8.23. The molecule has 0 heterocycles. The van der Waals surface area contributed by atoms with Crippen molar-refractivity contribution in [3.8, 4) is 0 Å². The predicted octanol–water partition coefficient (Wildman–Crippen LogP) is 0.727. The van der Waals surface area contributed by atoms with Crippen LogP contribution in [0.5, 0.6) is 0 Å². The summed E-state index contributed by atoms with van der Waals surface area (Å²) in [6, 6.07) is 0. The van der Waals surface area contributed by atoms with Crippen LogP contribution < -0.4 is 0 Å². The molecule has 0 saturated heterocycles. The maximum atomic E-state index is 11.1. The molecule has 9 heteroatoms. The number of phosphoric acid groups is 1. The van der Waals surface area contributed by atoms with Gasteiger partial charge in [0.2, 0.25) is 0 Å². The predicted molar refractivity (Wildman–Crippen MR) is 45.7 cm³/mol. The molecule has 88 valence electrons. The number of hydrogen-bond acceptors (Lipinski definition) is 7. The van der Waals surface area contributed by atoms with Crippen molar-refractivity contribution in [3.05, 3.63) is 0 Å². The first-order chi connectivity index (χ1) is 6.93. The molecule has 0 radical (unpaired) electrons. The van der Waals surface area contributed by atoms with E-state index in [1.807, 2.05) is 0 Å². The second-order valence-electron chi connectivity index (χ2n) is 2.24. The van der Waals surface area contributed by atoms with Gasteiger partial charge in [-0.15, -0.1) is 0 Å². The van der Waals surface area contributed by atoms with E-state index in [0.29, 0.717) is 0 Å². The van der Waals surface area contributed by atoms with Crippen LogP contribution in [0.25, 0.3) is 0 Å². The van der Waals surface area contributed by atoms with E-state index in [2.05, 4.69) is 18.6 Å². The number of rotatable bonds is 7. The molecule has 0 saturated carbocycles. The van der Waals surface area contributed by atoms with Crippen LogP contribution >= 0.6 is 7.82 Å². The van der Waals surface area contributed by atoms with Gasteiger partial charge in [0, 0.05) is 14.2 Å². The van der Waals surface area contributed by atoms with Crippen molar-refractivity contribution in [1.82, 2.24) is 0 Å². The summed E-state index contributed by atoms with van der Waals surface area (Å²) in [7, 11) is -1.80. The Kier molecular flexibility index (Phi) is 6.11. The third-order valence-electron chi connectivity index (χ3n) is 1.21. The van der Waals surface area contributed by atoms with Gasteiger partial charge in [0.05, 0.1) is 12.8 Å². The van der Waals surface area contributed by atoms with E-state index in [4.69, 9.17) is 5.11 Å². The van der Waals surface area contributed by atoms with Gasteiger partial charge in [-0.1, -0.05) is 4.67 Å². The fourth-order valence-corrected chi connectivity index (χ4v) is 0.918. The molecule has 8 nitrogen and oxygen atoms in total. The Bertz CT molecular complexity index is 266. The Morgan fingerprint density at radius 2 is 1.73 bits per heavy atom. The molecule has 0 bridgehead atoms. The summed E-state index contributed by atoms with van der Waals surface area (Å²) in [5.41, 5.74) is 0. The lowest BCUT2D eigenvalue weighted by atomic mass is 10.3. The molecule has 0 unspecified atom stereocenters. The maximum absolute atomic E-state index is 11.1. The van der Waals surface area contributed by atoms with Crippen LogP contribution in [-0.2, 0) is 32.8 Å². The molecule has 0 aromatic rings. The molecule has 0 aromatic carbocycles. The van der Waals surface area contributed by atoms with Crippen molar-refractivity contribution in [2.24, 2.45) is 0 Å². The van der Waals surface area contributed by atoms with Crippen LogP contribution in [0.3, 0.4) is 0 Å². The van der Waals surface area contributed by atoms with Gasteiger partial charge < -0.3 is 5.11 Å². The zero-order chi connectivity index (χ0) is 11.9. The van der Waals surface area contributed by atoms with Crippen LogP contribution in [-0.4, -0.2) is 31.3 Å². The minimum atomic E-state index is -3.87. The molecular formula is C6H11O8P. The summed E-state index contributed by atoms with van der Waals surface area (Å²) in [6.45, 7) is 0. The average Bonchev–Trinajstić information content (AvgIpc) is 2.23. The van der Waals surface area contributed by atoms with Crippen LogP contribution in [0.4, 0.5) is 0 Å². The first-order valence-corrected chi connectivity index (χ1v) is 5.22. The second-order valence-corrected chi connectivity index (χ2v) is 4.01. The van der Waals surface area contributed by atoms with Gasteiger partial charge in [0.1, 0.15) is 0 Å². The van der Waals surface area contributed by atoms with Crippen molar-refractivity contribution < 1.29 is 37.9 Å². The third kappa shape index (κ3) is 6.19. The quantitative estimate of drug-likeness (QED) is 0.395. The van der Waals surface area contributed by atoms with E-state index < -0.39 is 32.6 Å². The van der Waals surface area contributed by atoms with Crippen LogP contribution in [0, 0.1) is 0 Å². The fraction of sp³-hybridized carbons (Fsp3) is 0.667. The van der Waals surface area contributed by atoms with Gasteiger partial charge in [-0.25, -0.2) is 9.36 Å². The Balaban J connectivity index is 3.89. The molecule has 0 aliphatic rings. The summed E-state index contributed by atoms with van der Waals surface area (Å²) in [4.78, 5) is 24.9. The Labute approximate surface area is 85.6 Å². The van der Waals surface area contributed by atoms with Crippen molar-refractivity contribution in [1.29, 1.82) is 0 Å². The summed E-state index contributed by atoms with van der Waals surface area (Å²) in [5.74, 6) is -2.14. The van der Waals surface area contributed by atoms with Gasteiger partial charge >= 0.3 is 19.8 Å². The van der Waals surface area contributed by atoms with E-state index in [-0.39, 0.29) is 0 Å². The first kappa shape index (κ1) is 14.1. The number of phosphoric ester groups is 1. The van der Waals surface area contributed by atoms with Crippen LogP contribution in [0.2, 0.25) is 0 Å². The normalized spacial score (nSPS) is 11.1. The third-order valence-corrected chi connectivity index (χ3v) is 2.36. The number of carboxylic acid groups (broad SMARTS) is 1. The smallest absolute Gasteiger partial charge is 0.481 e. The Morgan fingerprint density at radius 3 is 2.13 bits per heavy atom. The molecule has 0 aliphatic heterocycles. The second kappa shape index (κ2) is 6.52. The SMILES string of the molecule is COP(=O)(OC)OOC(=O)CCC(=O)O. The van der Waals surface area contributed by atoms with E-state index in [1.165, 1.54) is 0 Å². The molecule has 0 aromatic heterocycles. The molecule has 0 fully saturated rings. The van der Waals surface area contributed by atoms with Gasteiger partial charge in [0.25, 0.3) is 0 Å². The number of carbonyl (C=O) groups is 2. The lowest BCUT2D eigenvalue weighted by molar-refractivity contribution is -0.224. The molecule has 0 aliphatic carbocycles. The standard InChI is InChI=1S/C6H11O8P/c1-11-15(10,12-2)14-13-6(9)4-3-5(7)8/h3-4H2,1-2H3,(H,7,8). The van der Waals surface area contributed by atoms with Gasteiger partial charge in [-0.05, 0) is 0 Å². The van der Waals surface area contributed by atoms with Crippen molar-refractivity contribution in [2.75, 3.05) is 14.2 Å². The lowest BCUT2D eigenvalue weighted by Crippen LogP contribution is -2.08. The van der Waals surface area contributed by atoms with Crippen LogP contribution in [0.1, 0.15) is 12.8 Å². The van der Waals surface area contributed by atoms with Gasteiger partial charge in [-0.3, -0.25) is 18.7 Å². The summed E-state index contributed by atoms with van der Waals surface area (Å²) in [6.07, 6.45) is -0.810. The Hall–Kier alpha value is -0.950. The van der Waals surface area contributed by atoms with E-state index in [1.54, 1.807) is 0 Å². The highest BCUT2D eigenvalue weighted by atomic mass is 31.2. The zero-order valence-electron chi connectivity index (χ0n) is 8.17. The van der Waals surface area contributed by atoms with E-state index >= 15 is 0 Å². The topological polar surface area (TPSA) is 108 Å². The lowest BCUT2D eigenvalue weighted by Gasteiger charge is -2.10. The molecular weight excluding hydrogens is 231 g/mol. The van der Waals surface area contributed by atoms with E-state index in [9.17, 15) is 14.2 Å². The van der Waals surface area contributed by atoms with Gasteiger partial charge in [-0.2, -0.15) is 0 Å². The highest BCUT2D eigenvalue weighted by molar-refractivity contribution is 7.48. The number of carboxylic acids is 1. The van der Waals surface area contributed by atoms with Crippen molar-refractivity contribution >= 4 is 19.8 Å². The van der Waals surface area contributed by atoms with E-state index in [0.717, 1.165) is 14.2 Å². The fourth-order valence-electron chi connectivity index (χ4n) is 0.473. The number of aliphatic carboxylic acids is 1. The van der Waals surface area contributed by atoms with Crippen LogP contribution in [0.15, 0.2) is 0 Å². The molecule has 0 amide bonds. The zero-order valence-corrected chi connectivity index (χ0v) is 9.06.